The van der Waals surface area contributed by atoms with Crippen molar-refractivity contribution in [2.45, 2.75) is 76.7 Å². The number of ether oxygens (including phenoxy) is 1. The van der Waals surface area contributed by atoms with E-state index >= 15 is 0 Å². The summed E-state index contributed by atoms with van der Waals surface area (Å²) in [5, 5.41) is 10.8. The highest BCUT2D eigenvalue weighted by Gasteiger charge is 2.48. The van der Waals surface area contributed by atoms with Crippen LogP contribution in [0.4, 0.5) is 0 Å². The molecule has 154 valence electrons. The van der Waals surface area contributed by atoms with Gasteiger partial charge in [0.05, 0.1) is 5.92 Å². The second kappa shape index (κ2) is 7.85. The highest BCUT2D eigenvalue weighted by atomic mass is 16.5. The molecule has 1 aliphatic heterocycles. The number of fused-ring (bicyclic) bond motifs is 3. The van der Waals surface area contributed by atoms with E-state index < -0.39 is 0 Å². The molecule has 3 nitrogen and oxygen atoms in total. The Hall–Kier alpha value is -2.29. The number of benzene rings is 2. The zero-order valence-electron chi connectivity index (χ0n) is 17.8. The van der Waals surface area contributed by atoms with E-state index in [1.54, 1.807) is 0 Å². The molecule has 1 unspecified atom stereocenters. The summed E-state index contributed by atoms with van der Waals surface area (Å²) in [5.74, 6) is 1.66. The summed E-state index contributed by atoms with van der Waals surface area (Å²) in [6.45, 7) is 6.36. The second-order valence-corrected chi connectivity index (χ2v) is 9.38. The average Bonchev–Trinajstić information content (AvgIpc) is 2.69. The molecule has 1 fully saturated rings. The lowest BCUT2D eigenvalue weighted by molar-refractivity contribution is -0.128. The molecule has 0 aromatic heterocycles. The predicted molar refractivity (Wildman–Crippen MR) is 116 cm³/mol. The van der Waals surface area contributed by atoms with Gasteiger partial charge in [0.1, 0.15) is 22.9 Å². The predicted octanol–water partition coefficient (Wildman–Crippen LogP) is 6.14. The average molecular weight is 393 g/mol. The van der Waals surface area contributed by atoms with Crippen LogP contribution in [0.1, 0.15) is 81.4 Å². The van der Waals surface area contributed by atoms with Crippen molar-refractivity contribution in [2.75, 3.05) is 0 Å². The number of aromatic hydroxyl groups is 1. The summed E-state index contributed by atoms with van der Waals surface area (Å²) >= 11 is 0. The van der Waals surface area contributed by atoms with Gasteiger partial charge in [0.15, 0.2) is 0 Å². The molecule has 0 radical (unpaired) electrons. The first-order valence-electron chi connectivity index (χ1n) is 11.0. The zero-order valence-corrected chi connectivity index (χ0v) is 17.8. The Bertz CT molecular complexity index is 884. The van der Waals surface area contributed by atoms with Crippen molar-refractivity contribution in [3.63, 3.8) is 0 Å². The Morgan fingerprint density at radius 1 is 1.21 bits per heavy atom. The van der Waals surface area contributed by atoms with Crippen LogP contribution in [0.5, 0.6) is 11.5 Å². The Balaban J connectivity index is 1.55. The Morgan fingerprint density at radius 2 is 1.97 bits per heavy atom. The number of hydrogen-bond acceptors (Lipinski definition) is 3. The van der Waals surface area contributed by atoms with E-state index in [1.807, 2.05) is 18.2 Å². The van der Waals surface area contributed by atoms with E-state index in [9.17, 15) is 9.90 Å². The molecule has 0 bridgehead atoms. The third-order valence-electron chi connectivity index (χ3n) is 6.92. The lowest BCUT2D eigenvalue weighted by Gasteiger charge is -2.46. The standard InChI is InChI=1S/C26H32O3/c1-17(9-7-12-18-10-5-4-6-11-18)19-16-24-20(15-23(19)28)25-21(26(2,3)29-24)13-8-14-22(25)27/h4-6,10-11,15-17,21,25,28H,7-9,12-14H2,1-3H3/t17?,21-,25+/m1/s1. The smallest absolute Gasteiger partial charge is 0.140 e. The fourth-order valence-corrected chi connectivity index (χ4v) is 5.28. The fourth-order valence-electron chi connectivity index (χ4n) is 5.28. The topological polar surface area (TPSA) is 46.5 Å². The third-order valence-corrected chi connectivity index (χ3v) is 6.92. The maximum atomic E-state index is 12.7. The largest absolute Gasteiger partial charge is 0.508 e. The molecule has 0 amide bonds. The van der Waals surface area contributed by atoms with E-state index in [-0.39, 0.29) is 23.4 Å². The quantitative estimate of drug-likeness (QED) is 0.664. The van der Waals surface area contributed by atoms with Crippen molar-refractivity contribution in [3.8, 4) is 11.5 Å². The molecule has 3 atom stereocenters. The van der Waals surface area contributed by atoms with Crippen LogP contribution in [0.2, 0.25) is 0 Å². The van der Waals surface area contributed by atoms with Crippen LogP contribution in [0.3, 0.4) is 0 Å². The van der Waals surface area contributed by atoms with Gasteiger partial charge in [0.25, 0.3) is 0 Å². The second-order valence-electron chi connectivity index (χ2n) is 9.38. The number of aryl methyl sites for hydroxylation is 1. The minimum atomic E-state index is -0.363. The van der Waals surface area contributed by atoms with Gasteiger partial charge in [-0.15, -0.1) is 0 Å². The van der Waals surface area contributed by atoms with Gasteiger partial charge < -0.3 is 9.84 Å². The lowest BCUT2D eigenvalue weighted by Crippen LogP contribution is -2.48. The Kier molecular flexibility index (Phi) is 5.42. The normalized spacial score (nSPS) is 23.6. The van der Waals surface area contributed by atoms with Gasteiger partial charge in [0, 0.05) is 23.5 Å². The number of hydrogen-bond donors (Lipinski definition) is 1. The van der Waals surface area contributed by atoms with E-state index in [1.165, 1.54) is 5.56 Å². The Morgan fingerprint density at radius 3 is 2.72 bits per heavy atom. The SMILES string of the molecule is CC(CCCc1ccccc1)c1cc2c(cc1O)[C@@H]1C(=O)CCC[C@H]1C(C)(C)O2. The van der Waals surface area contributed by atoms with E-state index in [0.717, 1.165) is 49.0 Å². The number of phenols is 1. The van der Waals surface area contributed by atoms with Gasteiger partial charge in [-0.05, 0) is 69.6 Å². The van der Waals surface area contributed by atoms with E-state index in [0.29, 0.717) is 18.0 Å². The van der Waals surface area contributed by atoms with Crippen molar-refractivity contribution in [1.29, 1.82) is 0 Å². The molecule has 29 heavy (non-hydrogen) atoms. The molecule has 0 saturated heterocycles. The van der Waals surface area contributed by atoms with Crippen LogP contribution in [0.25, 0.3) is 0 Å². The van der Waals surface area contributed by atoms with Crippen molar-refractivity contribution >= 4 is 5.78 Å². The van der Waals surface area contributed by atoms with E-state index in [4.69, 9.17) is 4.74 Å². The number of ketones is 1. The van der Waals surface area contributed by atoms with Crippen molar-refractivity contribution in [2.24, 2.45) is 5.92 Å². The van der Waals surface area contributed by atoms with E-state index in [2.05, 4.69) is 45.0 Å². The molecule has 2 aromatic carbocycles. The molecule has 4 rings (SSSR count). The highest BCUT2D eigenvalue weighted by Crippen LogP contribution is 2.52. The number of rotatable bonds is 5. The number of carbonyl (C=O) groups is 1. The minimum absolute atomic E-state index is 0.143. The molecule has 3 heteroatoms. The summed E-state index contributed by atoms with van der Waals surface area (Å²) in [7, 11) is 0. The molecule has 2 aromatic rings. The van der Waals surface area contributed by atoms with Gasteiger partial charge in [-0.25, -0.2) is 0 Å². The maximum Gasteiger partial charge on any atom is 0.140 e. The lowest BCUT2D eigenvalue weighted by atomic mass is 9.66. The molecule has 1 heterocycles. The first-order chi connectivity index (χ1) is 13.9. The maximum absolute atomic E-state index is 12.7. The number of Topliss-reactive ketones (excluding diaryl/α,β-unsaturated/α-hetero) is 1. The van der Waals surface area contributed by atoms with Crippen LogP contribution >= 0.6 is 0 Å². The summed E-state index contributed by atoms with van der Waals surface area (Å²) in [4.78, 5) is 12.7. The highest BCUT2D eigenvalue weighted by molar-refractivity contribution is 5.88. The van der Waals surface area contributed by atoms with Crippen LogP contribution in [0, 0.1) is 5.92 Å². The first-order valence-corrected chi connectivity index (χ1v) is 11.0. The van der Waals surface area contributed by atoms with Gasteiger partial charge in [-0.2, -0.15) is 0 Å². The fraction of sp³-hybridized carbons (Fsp3) is 0.500. The molecule has 1 aliphatic carbocycles. The van der Waals surface area contributed by atoms with Crippen molar-refractivity contribution in [3.05, 3.63) is 59.2 Å². The van der Waals surface area contributed by atoms with Crippen LogP contribution in [-0.2, 0) is 11.2 Å². The van der Waals surface area contributed by atoms with Crippen molar-refractivity contribution in [1.82, 2.24) is 0 Å². The molecule has 0 spiro atoms. The van der Waals surface area contributed by atoms with Crippen LogP contribution in [0.15, 0.2) is 42.5 Å². The zero-order chi connectivity index (χ0) is 20.6. The molecule has 1 N–H and O–H groups in total. The van der Waals surface area contributed by atoms with Gasteiger partial charge in [-0.3, -0.25) is 4.79 Å². The molecule has 1 saturated carbocycles. The molecular formula is C26H32O3. The summed E-state index contributed by atoms with van der Waals surface area (Å²) in [5.41, 5.74) is 2.80. The number of phenolic OH excluding ortho intramolecular Hbond substituents is 1. The summed E-state index contributed by atoms with van der Waals surface area (Å²) < 4.78 is 6.39. The first kappa shape index (κ1) is 20.0. The van der Waals surface area contributed by atoms with Gasteiger partial charge in [-0.1, -0.05) is 37.3 Å². The van der Waals surface area contributed by atoms with Crippen LogP contribution < -0.4 is 4.74 Å². The monoisotopic (exact) mass is 392 g/mol. The number of carbonyl (C=O) groups excluding carboxylic acids is 1. The van der Waals surface area contributed by atoms with Gasteiger partial charge in [0.2, 0.25) is 0 Å². The Labute approximate surface area is 174 Å². The van der Waals surface area contributed by atoms with Gasteiger partial charge >= 0.3 is 0 Å². The third kappa shape index (κ3) is 3.92. The summed E-state index contributed by atoms with van der Waals surface area (Å²) in [6.07, 6.45) is 5.67. The minimum Gasteiger partial charge on any atom is -0.508 e. The van der Waals surface area contributed by atoms with Crippen molar-refractivity contribution < 1.29 is 14.6 Å². The molecule has 2 aliphatic rings. The molecular weight excluding hydrogens is 360 g/mol. The van der Waals surface area contributed by atoms with Crippen LogP contribution in [-0.4, -0.2) is 16.5 Å². The summed E-state index contributed by atoms with van der Waals surface area (Å²) in [6, 6.07) is 14.3.